The van der Waals surface area contributed by atoms with E-state index in [9.17, 15) is 14.7 Å². The quantitative estimate of drug-likeness (QED) is 0.203. The maximum absolute atomic E-state index is 12.1. The van der Waals surface area contributed by atoms with Crippen molar-refractivity contribution in [2.45, 2.75) is 119 Å². The van der Waals surface area contributed by atoms with Gasteiger partial charge in [0.2, 0.25) is 5.91 Å². The number of nitrogens with zero attached hydrogens (tertiary/aromatic N) is 1. The number of hydrogen-bond acceptors (Lipinski definition) is 3. The van der Waals surface area contributed by atoms with Crippen molar-refractivity contribution in [1.82, 2.24) is 10.2 Å². The number of amides is 1. The highest BCUT2D eigenvalue weighted by atomic mass is 16.4. The molecule has 5 nitrogen and oxygen atoms in total. The van der Waals surface area contributed by atoms with Gasteiger partial charge in [0.05, 0.1) is 5.56 Å². The molecule has 5 aliphatic carbocycles. The molecule has 1 aromatic carbocycles. The van der Waals surface area contributed by atoms with E-state index >= 15 is 0 Å². The number of carbonyl (C=O) groups excluding carboxylic acids is 1. The molecule has 7 rings (SSSR count). The average Bonchev–Trinajstić information content (AvgIpc) is 3.64. The molecule has 268 valence electrons. The highest BCUT2D eigenvalue weighted by molar-refractivity contribution is 5.88. The molecule has 4 saturated carbocycles. The van der Waals surface area contributed by atoms with Gasteiger partial charge in [-0.2, -0.15) is 0 Å². The molecule has 0 bridgehead atoms. The van der Waals surface area contributed by atoms with Crippen molar-refractivity contribution in [3.05, 3.63) is 53.6 Å². The summed E-state index contributed by atoms with van der Waals surface area (Å²) in [4.78, 5) is 25.8. The van der Waals surface area contributed by atoms with Crippen LogP contribution in [0.2, 0.25) is 0 Å². The summed E-state index contributed by atoms with van der Waals surface area (Å²) in [6.45, 7) is 24.0. The van der Waals surface area contributed by atoms with Crippen molar-refractivity contribution in [3.63, 3.8) is 0 Å². The third kappa shape index (κ3) is 5.32. The third-order valence-corrected chi connectivity index (χ3v) is 16.7. The van der Waals surface area contributed by atoms with Gasteiger partial charge in [-0.15, -0.1) is 0 Å². The lowest BCUT2D eigenvalue weighted by molar-refractivity contribution is -0.225. The van der Waals surface area contributed by atoms with E-state index in [1.165, 1.54) is 68.1 Å². The first-order chi connectivity index (χ1) is 23.2. The zero-order valence-electron chi connectivity index (χ0n) is 31.5. The smallest absolute Gasteiger partial charge is 0.335 e. The normalized spacial score (nSPS) is 40.9. The number of fused-ring (bicyclic) bond motifs is 7. The zero-order chi connectivity index (χ0) is 35.0. The molecule has 1 aromatic rings. The van der Waals surface area contributed by atoms with Gasteiger partial charge >= 0.3 is 5.97 Å². The summed E-state index contributed by atoms with van der Waals surface area (Å²) in [5.74, 6) is 2.88. The molecule has 49 heavy (non-hydrogen) atoms. The molecule has 9 atom stereocenters. The summed E-state index contributed by atoms with van der Waals surface area (Å²) in [7, 11) is 0. The number of hydrogen-bond donors (Lipinski definition) is 2. The molecule has 0 aromatic heterocycles. The Morgan fingerprint density at radius 3 is 2.39 bits per heavy atom. The number of allylic oxidation sites excluding steroid dienone is 3. The first-order valence-corrected chi connectivity index (χ1v) is 19.9. The number of carboxylic acid groups (broad SMARTS) is 1. The minimum Gasteiger partial charge on any atom is -0.478 e. The molecule has 5 heteroatoms. The van der Waals surface area contributed by atoms with Crippen LogP contribution in [0.5, 0.6) is 0 Å². The fraction of sp³-hybridized carbons (Fsp3) is 0.727. The lowest BCUT2D eigenvalue weighted by Crippen LogP contribution is -2.65. The summed E-state index contributed by atoms with van der Waals surface area (Å²) in [5, 5.41) is 13.5. The van der Waals surface area contributed by atoms with Gasteiger partial charge in [-0.1, -0.05) is 65.0 Å². The van der Waals surface area contributed by atoms with Gasteiger partial charge in [-0.3, -0.25) is 4.79 Å². The van der Waals surface area contributed by atoms with Crippen molar-refractivity contribution in [3.8, 4) is 0 Å². The number of carboxylic acids is 1. The van der Waals surface area contributed by atoms with Crippen LogP contribution in [0.25, 0.3) is 5.57 Å². The first kappa shape index (κ1) is 35.0. The van der Waals surface area contributed by atoms with Gasteiger partial charge in [0.15, 0.2) is 0 Å². The van der Waals surface area contributed by atoms with Crippen LogP contribution < -0.4 is 5.32 Å². The first-order valence-electron chi connectivity index (χ1n) is 19.9. The van der Waals surface area contributed by atoms with E-state index in [4.69, 9.17) is 0 Å². The van der Waals surface area contributed by atoms with Gasteiger partial charge < -0.3 is 15.3 Å². The van der Waals surface area contributed by atoms with Crippen LogP contribution in [0.4, 0.5) is 0 Å². The number of benzene rings is 1. The lowest BCUT2D eigenvalue weighted by atomic mass is 9.32. The third-order valence-electron chi connectivity index (χ3n) is 16.7. The summed E-state index contributed by atoms with van der Waals surface area (Å²) >= 11 is 0. The Balaban J connectivity index is 1.12. The minimum absolute atomic E-state index is 0.0305. The summed E-state index contributed by atoms with van der Waals surface area (Å²) < 4.78 is 0. The van der Waals surface area contributed by atoms with Crippen LogP contribution in [0, 0.1) is 56.7 Å². The lowest BCUT2D eigenvalue weighted by Gasteiger charge is -2.72. The standard InChI is InChI=1S/C44H64N2O3/c1-29(2)32-17-22-44(28-45-25-9-27-46-26-8-10-37(46)47)24-23-42(6)34(38(32)44)15-16-36-41(5)20-18-33(30-11-13-31(14-12-30)39(48)49)40(3,4)35(41)19-21-43(36,42)7/h11-14,18,32,34-36,38,45H,1,8-10,15-17,19-28H2,2-7H3,(H,48,49)/t32-,34+,35-,36+,38+,41-,42+,43+,44?/m0/s1. The van der Waals surface area contributed by atoms with Crippen LogP contribution in [0.3, 0.4) is 0 Å². The van der Waals surface area contributed by atoms with Gasteiger partial charge in [-0.25, -0.2) is 4.79 Å². The predicted molar refractivity (Wildman–Crippen MR) is 199 cm³/mol. The molecule has 2 N–H and O–H groups in total. The molecular weight excluding hydrogens is 604 g/mol. The highest BCUT2D eigenvalue weighted by Crippen LogP contribution is 2.77. The summed E-state index contributed by atoms with van der Waals surface area (Å²) in [5.41, 5.74) is 5.66. The van der Waals surface area contributed by atoms with Crippen LogP contribution in [-0.2, 0) is 4.79 Å². The van der Waals surface area contributed by atoms with Crippen molar-refractivity contribution < 1.29 is 14.7 Å². The Morgan fingerprint density at radius 2 is 1.71 bits per heavy atom. The van der Waals surface area contributed by atoms with E-state index in [1.54, 1.807) is 12.1 Å². The van der Waals surface area contributed by atoms with Crippen LogP contribution in [0.15, 0.2) is 42.5 Å². The largest absolute Gasteiger partial charge is 0.478 e. The number of aromatic carboxylic acids is 1. The second kappa shape index (κ2) is 12.4. The van der Waals surface area contributed by atoms with Crippen molar-refractivity contribution >= 4 is 17.4 Å². The van der Waals surface area contributed by atoms with Crippen molar-refractivity contribution in [1.29, 1.82) is 0 Å². The summed E-state index contributed by atoms with van der Waals surface area (Å²) in [6.07, 6.45) is 17.0. The van der Waals surface area contributed by atoms with Crippen LogP contribution >= 0.6 is 0 Å². The second-order valence-corrected chi connectivity index (χ2v) is 19.0. The molecule has 1 heterocycles. The minimum atomic E-state index is -0.860. The van der Waals surface area contributed by atoms with E-state index in [2.05, 4.69) is 64.4 Å². The fourth-order valence-electron chi connectivity index (χ4n) is 14.2. The van der Waals surface area contributed by atoms with Gasteiger partial charge in [0, 0.05) is 26.1 Å². The van der Waals surface area contributed by atoms with E-state index in [1.807, 2.05) is 12.1 Å². The SMILES string of the molecule is C=C(C)[C@@H]1CCC2(CNCCCN3CCCC3=O)CC[C@]3(C)[C@H](CC[C@@H]4[C@@]5(C)CC=C(c6ccc(C(=O)O)cc6)C(C)(C)[C@@H]5CC[C@]43C)[C@@H]12. The molecule has 1 amide bonds. The van der Waals surface area contributed by atoms with E-state index < -0.39 is 5.97 Å². The molecule has 1 aliphatic heterocycles. The number of nitrogens with one attached hydrogen (secondary N) is 1. The molecule has 0 spiro atoms. The summed E-state index contributed by atoms with van der Waals surface area (Å²) in [6, 6.07) is 7.63. The Kier molecular flexibility index (Phi) is 8.85. The molecule has 6 aliphatic rings. The van der Waals surface area contributed by atoms with Gasteiger partial charge in [-0.05, 0) is 164 Å². The van der Waals surface area contributed by atoms with E-state index in [0.29, 0.717) is 51.4 Å². The number of rotatable bonds is 9. The molecule has 5 fully saturated rings. The Bertz CT molecular complexity index is 1510. The van der Waals surface area contributed by atoms with Crippen molar-refractivity contribution in [2.24, 2.45) is 56.7 Å². The van der Waals surface area contributed by atoms with E-state index in [0.717, 1.165) is 57.8 Å². The van der Waals surface area contributed by atoms with Crippen LogP contribution in [-0.4, -0.2) is 48.1 Å². The molecular formula is C44H64N2O3. The fourth-order valence-corrected chi connectivity index (χ4v) is 14.2. The van der Waals surface area contributed by atoms with Crippen molar-refractivity contribution in [2.75, 3.05) is 26.2 Å². The maximum atomic E-state index is 12.1. The maximum Gasteiger partial charge on any atom is 0.335 e. The highest BCUT2D eigenvalue weighted by Gasteiger charge is 2.70. The monoisotopic (exact) mass is 668 g/mol. The molecule has 1 saturated heterocycles. The van der Waals surface area contributed by atoms with E-state index in [-0.39, 0.29) is 10.8 Å². The number of carbonyl (C=O) groups is 2. The molecule has 0 radical (unpaired) electrons. The number of likely N-dealkylation sites (tertiary alicyclic amines) is 1. The Hall–Kier alpha value is -2.40. The Morgan fingerprint density at radius 1 is 0.959 bits per heavy atom. The second-order valence-electron chi connectivity index (χ2n) is 19.0. The zero-order valence-corrected chi connectivity index (χ0v) is 31.5. The predicted octanol–water partition coefficient (Wildman–Crippen LogP) is 9.64. The Labute approximate surface area is 296 Å². The van der Waals surface area contributed by atoms with Gasteiger partial charge in [0.1, 0.15) is 0 Å². The van der Waals surface area contributed by atoms with Crippen LogP contribution in [0.1, 0.15) is 135 Å². The van der Waals surface area contributed by atoms with Gasteiger partial charge in [0.25, 0.3) is 0 Å². The molecule has 1 unspecified atom stereocenters. The average molecular weight is 669 g/mol. The topological polar surface area (TPSA) is 69.6 Å².